The van der Waals surface area contributed by atoms with Gasteiger partial charge in [-0.3, -0.25) is 0 Å². The summed E-state index contributed by atoms with van der Waals surface area (Å²) >= 11 is 6.13. The summed E-state index contributed by atoms with van der Waals surface area (Å²) in [5, 5.41) is 3.81. The summed E-state index contributed by atoms with van der Waals surface area (Å²) in [6, 6.07) is 13.2. The number of rotatable bonds is 4. The van der Waals surface area contributed by atoms with Crippen molar-refractivity contribution in [2.24, 2.45) is 0 Å². The molecule has 0 radical (unpaired) electrons. The van der Waals surface area contributed by atoms with Crippen molar-refractivity contribution in [3.05, 3.63) is 64.2 Å². The van der Waals surface area contributed by atoms with Crippen LogP contribution in [0.2, 0.25) is 5.02 Å². The van der Waals surface area contributed by atoms with Crippen molar-refractivity contribution in [1.82, 2.24) is 0 Å². The third kappa shape index (κ3) is 3.52. The molecule has 1 N–H and O–H groups in total. The summed E-state index contributed by atoms with van der Waals surface area (Å²) in [6.45, 7) is 2.69. The van der Waals surface area contributed by atoms with Crippen molar-refractivity contribution in [2.45, 2.75) is 13.5 Å². The molecule has 104 valence electrons. The number of esters is 1. The molecule has 2 aromatic carbocycles. The second kappa shape index (κ2) is 6.44. The first-order chi connectivity index (χ1) is 9.60. The minimum absolute atomic E-state index is 0.375. The lowest BCUT2D eigenvalue weighted by Crippen LogP contribution is -2.04. The monoisotopic (exact) mass is 289 g/mol. The molecule has 0 spiro atoms. The molecule has 0 aliphatic rings. The van der Waals surface area contributed by atoms with Gasteiger partial charge in [0.25, 0.3) is 0 Å². The van der Waals surface area contributed by atoms with Gasteiger partial charge in [0.2, 0.25) is 0 Å². The quantitative estimate of drug-likeness (QED) is 0.863. The third-order valence-electron chi connectivity index (χ3n) is 2.95. The highest BCUT2D eigenvalue weighted by Gasteiger charge is 2.08. The van der Waals surface area contributed by atoms with E-state index in [1.54, 1.807) is 18.2 Å². The van der Waals surface area contributed by atoms with Gasteiger partial charge in [-0.1, -0.05) is 41.4 Å². The SMILES string of the molecule is COC(=O)c1ccc(Cl)c(NCc2cccc(C)c2)c1. The van der Waals surface area contributed by atoms with Crippen molar-refractivity contribution >= 4 is 23.3 Å². The largest absolute Gasteiger partial charge is 0.465 e. The van der Waals surface area contributed by atoms with Gasteiger partial charge in [-0.15, -0.1) is 0 Å². The van der Waals surface area contributed by atoms with Crippen molar-refractivity contribution in [3.63, 3.8) is 0 Å². The fraction of sp³-hybridized carbons (Fsp3) is 0.188. The molecule has 0 saturated carbocycles. The van der Waals surface area contributed by atoms with Crippen LogP contribution in [0.25, 0.3) is 0 Å². The van der Waals surface area contributed by atoms with E-state index in [2.05, 4.69) is 11.4 Å². The first kappa shape index (κ1) is 14.4. The maximum absolute atomic E-state index is 11.5. The molecule has 2 rings (SSSR count). The highest BCUT2D eigenvalue weighted by atomic mass is 35.5. The number of hydrogen-bond acceptors (Lipinski definition) is 3. The Bertz CT molecular complexity index is 626. The van der Waals surface area contributed by atoms with Crippen LogP contribution in [0.1, 0.15) is 21.5 Å². The van der Waals surface area contributed by atoms with E-state index < -0.39 is 0 Å². The predicted molar refractivity (Wildman–Crippen MR) is 81.3 cm³/mol. The molecule has 20 heavy (non-hydrogen) atoms. The summed E-state index contributed by atoms with van der Waals surface area (Å²) < 4.78 is 4.70. The Labute approximate surface area is 123 Å². The average Bonchev–Trinajstić information content (AvgIpc) is 2.45. The zero-order chi connectivity index (χ0) is 14.5. The van der Waals surface area contributed by atoms with E-state index in [-0.39, 0.29) is 5.97 Å². The normalized spacial score (nSPS) is 10.2. The molecule has 0 aliphatic carbocycles. The fourth-order valence-corrected chi connectivity index (χ4v) is 2.11. The standard InChI is InChI=1S/C16H16ClNO2/c1-11-4-3-5-12(8-11)10-18-15-9-13(16(19)20-2)6-7-14(15)17/h3-9,18H,10H2,1-2H3. The maximum Gasteiger partial charge on any atom is 0.337 e. The summed E-state index contributed by atoms with van der Waals surface area (Å²) in [7, 11) is 1.36. The lowest BCUT2D eigenvalue weighted by Gasteiger charge is -2.10. The number of halogens is 1. The Morgan fingerprint density at radius 1 is 1.25 bits per heavy atom. The van der Waals surface area contributed by atoms with E-state index in [4.69, 9.17) is 16.3 Å². The fourth-order valence-electron chi connectivity index (χ4n) is 1.92. The van der Waals surface area contributed by atoms with Crippen LogP contribution in [0, 0.1) is 6.92 Å². The van der Waals surface area contributed by atoms with E-state index in [1.165, 1.54) is 12.7 Å². The van der Waals surface area contributed by atoms with Crippen LogP contribution < -0.4 is 5.32 Å². The zero-order valence-electron chi connectivity index (χ0n) is 11.4. The van der Waals surface area contributed by atoms with Crippen molar-refractivity contribution < 1.29 is 9.53 Å². The van der Waals surface area contributed by atoms with Crippen LogP contribution in [0.4, 0.5) is 5.69 Å². The summed E-state index contributed by atoms with van der Waals surface area (Å²) in [4.78, 5) is 11.5. The number of anilines is 1. The molecule has 0 atom stereocenters. The van der Waals surface area contributed by atoms with Crippen molar-refractivity contribution in [2.75, 3.05) is 12.4 Å². The molecular formula is C16H16ClNO2. The molecule has 0 amide bonds. The van der Waals surface area contributed by atoms with E-state index >= 15 is 0 Å². The number of carbonyl (C=O) groups excluding carboxylic acids is 1. The molecule has 0 bridgehead atoms. The second-order valence-electron chi connectivity index (χ2n) is 4.53. The number of benzene rings is 2. The van der Waals surface area contributed by atoms with E-state index in [1.807, 2.05) is 25.1 Å². The topological polar surface area (TPSA) is 38.3 Å². The van der Waals surface area contributed by atoms with Gasteiger partial charge >= 0.3 is 5.97 Å². The summed E-state index contributed by atoms with van der Waals surface area (Å²) in [6.07, 6.45) is 0. The van der Waals surface area contributed by atoms with E-state index in [0.29, 0.717) is 17.1 Å². The van der Waals surface area contributed by atoms with Gasteiger partial charge in [-0.25, -0.2) is 4.79 Å². The number of ether oxygens (including phenoxy) is 1. The van der Waals surface area contributed by atoms with Crippen LogP contribution in [0.5, 0.6) is 0 Å². The highest BCUT2D eigenvalue weighted by molar-refractivity contribution is 6.33. The van der Waals surface area contributed by atoms with Crippen LogP contribution in [0.3, 0.4) is 0 Å². The summed E-state index contributed by atoms with van der Waals surface area (Å²) in [5.74, 6) is -0.375. The molecule has 0 fully saturated rings. The summed E-state index contributed by atoms with van der Waals surface area (Å²) in [5.41, 5.74) is 3.56. The Morgan fingerprint density at radius 3 is 2.75 bits per heavy atom. The van der Waals surface area contributed by atoms with Gasteiger partial charge in [-0.05, 0) is 30.7 Å². The molecule has 4 heteroatoms. The van der Waals surface area contributed by atoms with Crippen LogP contribution in [0.15, 0.2) is 42.5 Å². The Kier molecular flexibility index (Phi) is 4.64. The number of hydrogen-bond donors (Lipinski definition) is 1. The Hall–Kier alpha value is -2.00. The van der Waals surface area contributed by atoms with Crippen molar-refractivity contribution in [1.29, 1.82) is 0 Å². The number of methoxy groups -OCH3 is 1. The number of carbonyl (C=O) groups is 1. The Balaban J connectivity index is 2.14. The molecule has 0 heterocycles. The van der Waals surface area contributed by atoms with Gasteiger partial charge < -0.3 is 10.1 Å². The molecule has 0 aliphatic heterocycles. The molecule has 3 nitrogen and oxygen atoms in total. The Morgan fingerprint density at radius 2 is 2.05 bits per heavy atom. The lowest BCUT2D eigenvalue weighted by atomic mass is 10.1. The molecule has 0 unspecified atom stereocenters. The smallest absolute Gasteiger partial charge is 0.337 e. The van der Waals surface area contributed by atoms with Crippen LogP contribution >= 0.6 is 11.6 Å². The minimum atomic E-state index is -0.375. The van der Waals surface area contributed by atoms with Gasteiger partial charge in [0.1, 0.15) is 0 Å². The zero-order valence-corrected chi connectivity index (χ0v) is 12.2. The molecule has 2 aromatic rings. The minimum Gasteiger partial charge on any atom is -0.465 e. The predicted octanol–water partition coefficient (Wildman–Crippen LogP) is 4.05. The van der Waals surface area contributed by atoms with Crippen molar-refractivity contribution in [3.8, 4) is 0 Å². The first-order valence-electron chi connectivity index (χ1n) is 6.27. The number of aryl methyl sites for hydroxylation is 1. The number of nitrogens with one attached hydrogen (secondary N) is 1. The van der Waals surface area contributed by atoms with E-state index in [9.17, 15) is 4.79 Å². The van der Waals surface area contributed by atoms with Gasteiger partial charge in [0.15, 0.2) is 0 Å². The third-order valence-corrected chi connectivity index (χ3v) is 3.28. The highest BCUT2D eigenvalue weighted by Crippen LogP contribution is 2.24. The lowest BCUT2D eigenvalue weighted by molar-refractivity contribution is 0.0601. The average molecular weight is 290 g/mol. The second-order valence-corrected chi connectivity index (χ2v) is 4.94. The van der Waals surface area contributed by atoms with Gasteiger partial charge in [0.05, 0.1) is 23.4 Å². The van der Waals surface area contributed by atoms with Gasteiger partial charge in [0, 0.05) is 6.54 Å². The van der Waals surface area contributed by atoms with Gasteiger partial charge in [-0.2, -0.15) is 0 Å². The first-order valence-corrected chi connectivity index (χ1v) is 6.65. The van der Waals surface area contributed by atoms with E-state index in [0.717, 1.165) is 11.3 Å². The molecular weight excluding hydrogens is 274 g/mol. The molecule has 0 aromatic heterocycles. The molecule has 0 saturated heterocycles. The maximum atomic E-state index is 11.5. The van der Waals surface area contributed by atoms with Crippen LogP contribution in [-0.2, 0) is 11.3 Å². The van der Waals surface area contributed by atoms with Crippen LogP contribution in [-0.4, -0.2) is 13.1 Å².